The zero-order valence-electron chi connectivity index (χ0n) is 10.6. The second kappa shape index (κ2) is 5.72. The third-order valence-corrected chi connectivity index (χ3v) is 3.86. The van der Waals surface area contributed by atoms with Crippen LogP contribution in [0.15, 0.2) is 28.8 Å². The molecule has 1 aliphatic rings. The number of rotatable bonds is 3. The number of hydrogen-bond acceptors (Lipinski definition) is 4. The van der Waals surface area contributed by atoms with Crippen molar-refractivity contribution >= 4 is 11.6 Å². The van der Waals surface area contributed by atoms with Gasteiger partial charge in [0.15, 0.2) is 5.82 Å². The summed E-state index contributed by atoms with van der Waals surface area (Å²) in [4.78, 5) is 4.51. The van der Waals surface area contributed by atoms with E-state index in [1.54, 1.807) is 0 Å². The van der Waals surface area contributed by atoms with Crippen molar-refractivity contribution in [3.63, 3.8) is 0 Å². The van der Waals surface area contributed by atoms with Gasteiger partial charge in [0.1, 0.15) is 0 Å². The van der Waals surface area contributed by atoms with E-state index >= 15 is 0 Å². The van der Waals surface area contributed by atoms with Crippen molar-refractivity contribution in [1.29, 1.82) is 0 Å². The summed E-state index contributed by atoms with van der Waals surface area (Å²) in [6, 6.07) is 7.74. The quantitative estimate of drug-likeness (QED) is 0.937. The van der Waals surface area contributed by atoms with Crippen molar-refractivity contribution in [1.82, 2.24) is 15.5 Å². The van der Waals surface area contributed by atoms with Crippen LogP contribution >= 0.6 is 11.6 Å². The number of aromatic nitrogens is 2. The van der Waals surface area contributed by atoms with Crippen LogP contribution in [0.25, 0.3) is 0 Å². The van der Waals surface area contributed by atoms with Gasteiger partial charge in [-0.2, -0.15) is 4.98 Å². The normalized spacial score (nSPS) is 16.7. The van der Waals surface area contributed by atoms with Crippen molar-refractivity contribution in [2.45, 2.75) is 25.2 Å². The van der Waals surface area contributed by atoms with Crippen LogP contribution in [0, 0.1) is 0 Å². The summed E-state index contributed by atoms with van der Waals surface area (Å²) >= 11 is 6.13. The van der Waals surface area contributed by atoms with Gasteiger partial charge >= 0.3 is 0 Å². The predicted octanol–water partition coefficient (Wildman–Crippen LogP) is 2.78. The minimum absolute atomic E-state index is 0.421. The van der Waals surface area contributed by atoms with Gasteiger partial charge in [-0.3, -0.25) is 0 Å². The molecule has 0 bridgehead atoms. The van der Waals surface area contributed by atoms with Gasteiger partial charge < -0.3 is 9.84 Å². The molecule has 0 spiro atoms. The summed E-state index contributed by atoms with van der Waals surface area (Å²) in [5.74, 6) is 1.90. The second-order valence-corrected chi connectivity index (χ2v) is 5.25. The fourth-order valence-electron chi connectivity index (χ4n) is 2.39. The average molecular weight is 278 g/mol. The Labute approximate surface area is 117 Å². The molecule has 1 fully saturated rings. The molecule has 100 valence electrons. The summed E-state index contributed by atoms with van der Waals surface area (Å²) in [5, 5.41) is 8.18. The van der Waals surface area contributed by atoms with E-state index in [0.29, 0.717) is 18.2 Å². The van der Waals surface area contributed by atoms with Crippen LogP contribution in [0.3, 0.4) is 0 Å². The van der Waals surface area contributed by atoms with Crippen molar-refractivity contribution in [3.8, 4) is 0 Å². The second-order valence-electron chi connectivity index (χ2n) is 4.84. The zero-order chi connectivity index (χ0) is 13.1. The molecular formula is C14H16ClN3O. The van der Waals surface area contributed by atoms with Crippen molar-refractivity contribution < 1.29 is 4.52 Å². The number of hydrogen-bond donors (Lipinski definition) is 1. The molecule has 0 saturated carbocycles. The molecule has 1 saturated heterocycles. The molecule has 1 aromatic heterocycles. The highest BCUT2D eigenvalue weighted by atomic mass is 35.5. The molecule has 1 aromatic carbocycles. The highest BCUT2D eigenvalue weighted by Crippen LogP contribution is 2.24. The maximum Gasteiger partial charge on any atom is 0.231 e. The molecule has 0 atom stereocenters. The van der Waals surface area contributed by atoms with Gasteiger partial charge in [0, 0.05) is 10.9 Å². The minimum Gasteiger partial charge on any atom is -0.339 e. The summed E-state index contributed by atoms with van der Waals surface area (Å²) in [6.07, 6.45) is 2.74. The molecule has 5 heteroatoms. The Morgan fingerprint density at radius 2 is 2.05 bits per heavy atom. The lowest BCUT2D eigenvalue weighted by molar-refractivity contribution is 0.365. The third kappa shape index (κ3) is 2.96. The molecule has 1 aliphatic heterocycles. The average Bonchev–Trinajstić information content (AvgIpc) is 2.91. The molecule has 3 rings (SSSR count). The fourth-order valence-corrected chi connectivity index (χ4v) is 2.59. The fraction of sp³-hybridized carbons (Fsp3) is 0.429. The Balaban J connectivity index is 1.73. The number of piperidine rings is 1. The summed E-state index contributed by atoms with van der Waals surface area (Å²) in [7, 11) is 0. The Morgan fingerprint density at radius 1 is 1.26 bits per heavy atom. The first-order valence-corrected chi connectivity index (χ1v) is 6.97. The summed E-state index contributed by atoms with van der Waals surface area (Å²) in [6.45, 7) is 2.05. The number of nitrogens with zero attached hydrogens (tertiary/aromatic N) is 2. The van der Waals surface area contributed by atoms with Gasteiger partial charge in [-0.15, -0.1) is 0 Å². The maximum absolute atomic E-state index is 6.13. The first kappa shape index (κ1) is 12.6. The minimum atomic E-state index is 0.421. The molecular weight excluding hydrogens is 262 g/mol. The van der Waals surface area contributed by atoms with E-state index in [-0.39, 0.29) is 0 Å². The van der Waals surface area contributed by atoms with E-state index in [2.05, 4.69) is 15.5 Å². The SMILES string of the molecule is Clc1ccccc1Cc1nc(C2CCNCC2)no1. The Hall–Kier alpha value is -1.39. The van der Waals surface area contributed by atoms with E-state index in [1.807, 2.05) is 24.3 Å². The molecule has 1 N–H and O–H groups in total. The van der Waals surface area contributed by atoms with Gasteiger partial charge in [-0.05, 0) is 37.6 Å². The molecule has 4 nitrogen and oxygen atoms in total. The first-order valence-electron chi connectivity index (χ1n) is 6.59. The third-order valence-electron chi connectivity index (χ3n) is 3.49. The van der Waals surface area contributed by atoms with Crippen molar-refractivity contribution in [3.05, 3.63) is 46.6 Å². The monoisotopic (exact) mass is 277 g/mol. The molecule has 0 aliphatic carbocycles. The van der Waals surface area contributed by atoms with E-state index in [1.165, 1.54) is 0 Å². The van der Waals surface area contributed by atoms with Crippen LogP contribution in [0.4, 0.5) is 0 Å². The lowest BCUT2D eigenvalue weighted by Gasteiger charge is -2.18. The lowest BCUT2D eigenvalue weighted by Crippen LogP contribution is -2.27. The van der Waals surface area contributed by atoms with Gasteiger partial charge in [-0.1, -0.05) is 35.0 Å². The number of nitrogens with one attached hydrogen (secondary N) is 1. The standard InChI is InChI=1S/C14H16ClN3O/c15-12-4-2-1-3-11(12)9-13-17-14(18-19-13)10-5-7-16-8-6-10/h1-4,10,16H,5-9H2. The van der Waals surface area contributed by atoms with E-state index in [0.717, 1.165) is 42.3 Å². The van der Waals surface area contributed by atoms with Crippen LogP contribution in [0.1, 0.15) is 36.0 Å². The molecule has 2 heterocycles. The molecule has 0 amide bonds. The Bertz CT molecular complexity index is 549. The first-order chi connectivity index (χ1) is 9.33. The largest absolute Gasteiger partial charge is 0.339 e. The van der Waals surface area contributed by atoms with Gasteiger partial charge in [-0.25, -0.2) is 0 Å². The number of benzene rings is 1. The van der Waals surface area contributed by atoms with E-state index < -0.39 is 0 Å². The van der Waals surface area contributed by atoms with Crippen LogP contribution in [0.2, 0.25) is 5.02 Å². The molecule has 2 aromatic rings. The predicted molar refractivity (Wildman–Crippen MR) is 73.4 cm³/mol. The highest BCUT2D eigenvalue weighted by molar-refractivity contribution is 6.31. The number of halogens is 1. The lowest BCUT2D eigenvalue weighted by atomic mass is 9.98. The Kier molecular flexibility index (Phi) is 3.80. The van der Waals surface area contributed by atoms with Crippen molar-refractivity contribution in [2.75, 3.05) is 13.1 Å². The highest BCUT2D eigenvalue weighted by Gasteiger charge is 2.20. The smallest absolute Gasteiger partial charge is 0.231 e. The van der Waals surface area contributed by atoms with Crippen LogP contribution in [-0.4, -0.2) is 23.2 Å². The summed E-state index contributed by atoms with van der Waals surface area (Å²) in [5.41, 5.74) is 1.02. The van der Waals surface area contributed by atoms with Crippen molar-refractivity contribution in [2.24, 2.45) is 0 Å². The van der Waals surface area contributed by atoms with Gasteiger partial charge in [0.25, 0.3) is 0 Å². The van der Waals surface area contributed by atoms with E-state index in [4.69, 9.17) is 16.1 Å². The zero-order valence-corrected chi connectivity index (χ0v) is 11.4. The Morgan fingerprint density at radius 3 is 2.84 bits per heavy atom. The van der Waals surface area contributed by atoms with Crippen LogP contribution < -0.4 is 5.32 Å². The molecule has 19 heavy (non-hydrogen) atoms. The van der Waals surface area contributed by atoms with Crippen LogP contribution in [-0.2, 0) is 6.42 Å². The van der Waals surface area contributed by atoms with Gasteiger partial charge in [0.2, 0.25) is 5.89 Å². The van der Waals surface area contributed by atoms with Crippen LogP contribution in [0.5, 0.6) is 0 Å². The summed E-state index contributed by atoms with van der Waals surface area (Å²) < 4.78 is 5.34. The topological polar surface area (TPSA) is 51.0 Å². The molecule has 0 radical (unpaired) electrons. The maximum atomic E-state index is 6.13. The van der Waals surface area contributed by atoms with Gasteiger partial charge in [0.05, 0.1) is 6.42 Å². The van der Waals surface area contributed by atoms with E-state index in [9.17, 15) is 0 Å². The molecule has 0 unspecified atom stereocenters.